The van der Waals surface area contributed by atoms with Crippen LogP contribution in [-0.2, 0) is 0 Å². The lowest BCUT2D eigenvalue weighted by Gasteiger charge is -2.34. The van der Waals surface area contributed by atoms with Crippen LogP contribution in [0.4, 0.5) is 0 Å². The Balaban J connectivity index is 2.35. The molecule has 112 valence electrons. The molecular formula is C17H34N2. The predicted octanol–water partition coefficient (Wildman–Crippen LogP) is 3.69. The molecule has 0 saturated carbocycles. The highest BCUT2D eigenvalue weighted by molar-refractivity contribution is 5.14. The fourth-order valence-electron chi connectivity index (χ4n) is 2.54. The fraction of sp³-hybridized carbons (Fsp3) is 0.882. The smallest absolute Gasteiger partial charge is 0.0166 e. The Bertz CT molecular complexity index is 304. The molecule has 1 N–H and O–H groups in total. The standard InChI is InChI=1S/C17H34N2/c1-14(12-18-17(5,6)7)13-19-10-8-15(9-11-19)16(2,3)4/h8,14,18H,9-13H2,1-7H3. The SMILES string of the molecule is CC(CNC(C)(C)C)CN1CC=C(C(C)(C)C)CC1. The largest absolute Gasteiger partial charge is 0.312 e. The summed E-state index contributed by atoms with van der Waals surface area (Å²) in [5.41, 5.74) is 2.21. The van der Waals surface area contributed by atoms with Gasteiger partial charge in [0.05, 0.1) is 0 Å². The van der Waals surface area contributed by atoms with E-state index in [1.807, 2.05) is 0 Å². The van der Waals surface area contributed by atoms with Crippen LogP contribution in [0.25, 0.3) is 0 Å². The van der Waals surface area contributed by atoms with Gasteiger partial charge in [-0.25, -0.2) is 0 Å². The van der Waals surface area contributed by atoms with Gasteiger partial charge in [0.1, 0.15) is 0 Å². The van der Waals surface area contributed by atoms with Gasteiger partial charge in [-0.2, -0.15) is 0 Å². The highest BCUT2D eigenvalue weighted by atomic mass is 15.1. The Morgan fingerprint density at radius 2 is 1.84 bits per heavy atom. The van der Waals surface area contributed by atoms with Crippen LogP contribution < -0.4 is 5.32 Å². The van der Waals surface area contributed by atoms with Crippen molar-refractivity contribution in [2.45, 2.75) is 60.4 Å². The average molecular weight is 266 g/mol. The Morgan fingerprint density at radius 3 is 2.26 bits per heavy atom. The summed E-state index contributed by atoms with van der Waals surface area (Å²) in [5.74, 6) is 0.712. The fourth-order valence-corrected chi connectivity index (χ4v) is 2.54. The lowest BCUT2D eigenvalue weighted by atomic mass is 9.83. The van der Waals surface area contributed by atoms with E-state index < -0.39 is 0 Å². The maximum absolute atomic E-state index is 3.60. The number of nitrogens with one attached hydrogen (secondary N) is 1. The first-order chi connectivity index (χ1) is 8.58. The molecule has 2 heteroatoms. The van der Waals surface area contributed by atoms with Gasteiger partial charge in [-0.05, 0) is 45.1 Å². The molecule has 0 spiro atoms. The molecule has 0 aromatic carbocycles. The van der Waals surface area contributed by atoms with E-state index in [1.165, 1.54) is 19.5 Å². The van der Waals surface area contributed by atoms with Gasteiger partial charge < -0.3 is 5.32 Å². The molecule has 1 atom stereocenters. The molecule has 1 aliphatic rings. The average Bonchev–Trinajstić information content (AvgIpc) is 2.25. The van der Waals surface area contributed by atoms with E-state index >= 15 is 0 Å². The topological polar surface area (TPSA) is 15.3 Å². The van der Waals surface area contributed by atoms with Gasteiger partial charge in [0.2, 0.25) is 0 Å². The normalized spacial score (nSPS) is 20.3. The molecular weight excluding hydrogens is 232 g/mol. The third-order valence-electron chi connectivity index (χ3n) is 3.81. The van der Waals surface area contributed by atoms with Crippen LogP contribution in [0.5, 0.6) is 0 Å². The second-order valence-corrected chi connectivity index (χ2v) is 8.23. The molecule has 0 bridgehead atoms. The third-order valence-corrected chi connectivity index (χ3v) is 3.81. The summed E-state index contributed by atoms with van der Waals surface area (Å²) in [4.78, 5) is 2.59. The lowest BCUT2D eigenvalue weighted by molar-refractivity contribution is 0.233. The first kappa shape index (κ1) is 16.7. The van der Waals surface area contributed by atoms with Gasteiger partial charge in [0, 0.05) is 25.2 Å². The number of hydrogen-bond donors (Lipinski definition) is 1. The van der Waals surface area contributed by atoms with Crippen molar-refractivity contribution in [1.82, 2.24) is 10.2 Å². The zero-order valence-corrected chi connectivity index (χ0v) is 14.1. The maximum atomic E-state index is 3.60. The van der Waals surface area contributed by atoms with E-state index in [9.17, 15) is 0 Å². The van der Waals surface area contributed by atoms with Crippen molar-refractivity contribution in [1.29, 1.82) is 0 Å². The van der Waals surface area contributed by atoms with Crippen LogP contribution in [-0.4, -0.2) is 36.6 Å². The maximum Gasteiger partial charge on any atom is 0.0166 e. The molecule has 0 saturated heterocycles. The molecule has 0 amide bonds. The van der Waals surface area contributed by atoms with E-state index in [1.54, 1.807) is 5.57 Å². The molecule has 1 heterocycles. The van der Waals surface area contributed by atoms with Crippen LogP contribution in [0.1, 0.15) is 54.9 Å². The zero-order valence-electron chi connectivity index (χ0n) is 14.1. The highest BCUT2D eigenvalue weighted by Crippen LogP contribution is 2.30. The number of rotatable bonds is 4. The van der Waals surface area contributed by atoms with E-state index in [0.29, 0.717) is 11.3 Å². The Morgan fingerprint density at radius 1 is 1.21 bits per heavy atom. The van der Waals surface area contributed by atoms with Crippen molar-refractivity contribution in [3.05, 3.63) is 11.6 Å². The Hall–Kier alpha value is -0.340. The second kappa shape index (κ2) is 6.41. The van der Waals surface area contributed by atoms with Crippen molar-refractivity contribution >= 4 is 0 Å². The minimum absolute atomic E-state index is 0.232. The molecule has 0 aliphatic carbocycles. The summed E-state index contributed by atoms with van der Waals surface area (Å²) in [5, 5.41) is 3.60. The van der Waals surface area contributed by atoms with Crippen LogP contribution in [0.2, 0.25) is 0 Å². The van der Waals surface area contributed by atoms with E-state index in [-0.39, 0.29) is 5.54 Å². The van der Waals surface area contributed by atoms with Crippen molar-refractivity contribution in [2.75, 3.05) is 26.2 Å². The molecule has 1 aliphatic heterocycles. The van der Waals surface area contributed by atoms with Gasteiger partial charge in [0.25, 0.3) is 0 Å². The molecule has 19 heavy (non-hydrogen) atoms. The van der Waals surface area contributed by atoms with Crippen LogP contribution in [0.15, 0.2) is 11.6 Å². The summed E-state index contributed by atoms with van der Waals surface area (Å²) >= 11 is 0. The molecule has 2 nitrogen and oxygen atoms in total. The summed E-state index contributed by atoms with van der Waals surface area (Å²) in [6.45, 7) is 20.7. The third kappa shape index (κ3) is 6.58. The van der Waals surface area contributed by atoms with Gasteiger partial charge in [-0.3, -0.25) is 4.90 Å². The molecule has 0 aromatic heterocycles. The van der Waals surface area contributed by atoms with Gasteiger partial charge in [-0.1, -0.05) is 39.3 Å². The van der Waals surface area contributed by atoms with Gasteiger partial charge >= 0.3 is 0 Å². The van der Waals surface area contributed by atoms with Crippen molar-refractivity contribution in [2.24, 2.45) is 11.3 Å². The van der Waals surface area contributed by atoms with Crippen molar-refractivity contribution in [3.8, 4) is 0 Å². The second-order valence-electron chi connectivity index (χ2n) is 8.23. The van der Waals surface area contributed by atoms with E-state index in [2.05, 4.69) is 64.8 Å². The lowest BCUT2D eigenvalue weighted by Crippen LogP contribution is -2.42. The highest BCUT2D eigenvalue weighted by Gasteiger charge is 2.22. The number of hydrogen-bond acceptors (Lipinski definition) is 2. The van der Waals surface area contributed by atoms with Crippen LogP contribution >= 0.6 is 0 Å². The molecule has 0 fully saturated rings. The molecule has 0 aromatic rings. The zero-order chi connectivity index (χ0) is 14.7. The summed E-state index contributed by atoms with van der Waals surface area (Å²) in [6, 6.07) is 0. The minimum atomic E-state index is 0.232. The minimum Gasteiger partial charge on any atom is -0.312 e. The first-order valence-electron chi connectivity index (χ1n) is 7.75. The van der Waals surface area contributed by atoms with E-state index in [4.69, 9.17) is 0 Å². The van der Waals surface area contributed by atoms with Crippen molar-refractivity contribution in [3.63, 3.8) is 0 Å². The van der Waals surface area contributed by atoms with Crippen LogP contribution in [0.3, 0.4) is 0 Å². The summed E-state index contributed by atoms with van der Waals surface area (Å²) in [6.07, 6.45) is 3.69. The van der Waals surface area contributed by atoms with Crippen molar-refractivity contribution < 1.29 is 0 Å². The van der Waals surface area contributed by atoms with Gasteiger partial charge in [0.15, 0.2) is 0 Å². The molecule has 1 unspecified atom stereocenters. The molecule has 1 rings (SSSR count). The quantitative estimate of drug-likeness (QED) is 0.781. The van der Waals surface area contributed by atoms with Gasteiger partial charge in [-0.15, -0.1) is 0 Å². The van der Waals surface area contributed by atoms with Crippen LogP contribution in [0, 0.1) is 11.3 Å². The predicted molar refractivity (Wildman–Crippen MR) is 85.5 cm³/mol. The van der Waals surface area contributed by atoms with E-state index in [0.717, 1.165) is 13.1 Å². The molecule has 0 radical (unpaired) electrons. The summed E-state index contributed by atoms with van der Waals surface area (Å²) in [7, 11) is 0. The Kier molecular flexibility index (Phi) is 5.64. The summed E-state index contributed by atoms with van der Waals surface area (Å²) < 4.78 is 0. The number of nitrogens with zero attached hydrogens (tertiary/aromatic N) is 1. The monoisotopic (exact) mass is 266 g/mol. The Labute approximate surface area is 120 Å². The first-order valence-corrected chi connectivity index (χ1v) is 7.75.